The second kappa shape index (κ2) is 18.2. The summed E-state index contributed by atoms with van der Waals surface area (Å²) in [6, 6.07) is 0. The highest BCUT2D eigenvalue weighted by atomic mass is 16.5. The first kappa shape index (κ1) is 22.8. The molecule has 4 nitrogen and oxygen atoms in total. The van der Waals surface area contributed by atoms with E-state index in [-0.39, 0.29) is 0 Å². The summed E-state index contributed by atoms with van der Waals surface area (Å²) in [5.41, 5.74) is 0. The van der Waals surface area contributed by atoms with Gasteiger partial charge in [0.05, 0.1) is 13.2 Å². The minimum absolute atomic E-state index is 0.319. The van der Waals surface area contributed by atoms with Crippen molar-refractivity contribution >= 4 is 0 Å². The molecule has 2 fully saturated rings. The number of rotatable bonds is 5. The van der Waals surface area contributed by atoms with E-state index in [1.54, 1.807) is 7.11 Å². The van der Waals surface area contributed by atoms with Gasteiger partial charge in [-0.2, -0.15) is 0 Å². The van der Waals surface area contributed by atoms with E-state index in [0.717, 1.165) is 19.7 Å². The van der Waals surface area contributed by atoms with Crippen LogP contribution in [0.25, 0.3) is 0 Å². The molecular formula is C19H42N2O2. The van der Waals surface area contributed by atoms with Gasteiger partial charge in [0.15, 0.2) is 0 Å². The molecule has 0 aromatic carbocycles. The molecule has 1 N–H and O–H groups in total. The summed E-state index contributed by atoms with van der Waals surface area (Å²) in [5.74, 6) is 0. The zero-order chi connectivity index (χ0) is 17.2. The molecule has 0 aromatic heterocycles. The minimum atomic E-state index is 0.319. The van der Waals surface area contributed by atoms with Gasteiger partial charge in [-0.25, -0.2) is 0 Å². The number of ether oxygens (including phenoxy) is 1. The average molecular weight is 331 g/mol. The summed E-state index contributed by atoms with van der Waals surface area (Å²) in [4.78, 5) is 4.86. The maximum atomic E-state index is 8.67. The van der Waals surface area contributed by atoms with Crippen molar-refractivity contribution in [3.63, 3.8) is 0 Å². The van der Waals surface area contributed by atoms with Crippen LogP contribution in [0.1, 0.15) is 65.2 Å². The first-order valence-electron chi connectivity index (χ1n) is 9.91. The van der Waals surface area contributed by atoms with Gasteiger partial charge in [0.2, 0.25) is 0 Å². The molecule has 0 bridgehead atoms. The summed E-state index contributed by atoms with van der Waals surface area (Å²) < 4.78 is 5.04. The van der Waals surface area contributed by atoms with Crippen LogP contribution < -0.4 is 0 Å². The number of aliphatic hydroxyl groups excluding tert-OH is 1. The van der Waals surface area contributed by atoms with E-state index in [4.69, 9.17) is 9.84 Å². The van der Waals surface area contributed by atoms with E-state index in [0.29, 0.717) is 6.61 Å². The van der Waals surface area contributed by atoms with E-state index in [1.165, 1.54) is 77.5 Å². The number of nitrogens with zero attached hydrogens (tertiary/aromatic N) is 2. The van der Waals surface area contributed by atoms with Gasteiger partial charge in [-0.1, -0.05) is 39.5 Å². The maximum Gasteiger partial charge on any atom is 0.0589 e. The average Bonchev–Trinajstić information content (AvgIpc) is 3.01. The van der Waals surface area contributed by atoms with Gasteiger partial charge in [0, 0.05) is 20.2 Å². The van der Waals surface area contributed by atoms with Gasteiger partial charge < -0.3 is 19.6 Å². The molecule has 4 heteroatoms. The molecular weight excluding hydrogens is 288 g/mol. The summed E-state index contributed by atoms with van der Waals surface area (Å²) in [7, 11) is 1.78. The summed E-state index contributed by atoms with van der Waals surface area (Å²) >= 11 is 0. The maximum absolute atomic E-state index is 8.67. The summed E-state index contributed by atoms with van der Waals surface area (Å²) in [6.45, 7) is 12.2. The number of hydrogen-bond donors (Lipinski definition) is 1. The molecule has 0 saturated carbocycles. The zero-order valence-electron chi connectivity index (χ0n) is 16.1. The van der Waals surface area contributed by atoms with Crippen LogP contribution in [0.4, 0.5) is 0 Å². The van der Waals surface area contributed by atoms with Gasteiger partial charge in [0.1, 0.15) is 0 Å². The Hall–Kier alpha value is -0.160. The molecule has 140 valence electrons. The largest absolute Gasteiger partial charge is 0.395 e. The van der Waals surface area contributed by atoms with Gasteiger partial charge in [-0.05, 0) is 51.9 Å². The van der Waals surface area contributed by atoms with Gasteiger partial charge in [0.25, 0.3) is 0 Å². The minimum Gasteiger partial charge on any atom is -0.395 e. The van der Waals surface area contributed by atoms with Crippen molar-refractivity contribution in [1.29, 1.82) is 0 Å². The Bertz CT molecular complexity index is 211. The third-order valence-corrected chi connectivity index (χ3v) is 4.43. The van der Waals surface area contributed by atoms with Crippen molar-refractivity contribution in [2.45, 2.75) is 65.2 Å². The highest BCUT2D eigenvalue weighted by molar-refractivity contribution is 4.63. The fraction of sp³-hybridized carbons (Fsp3) is 1.00. The fourth-order valence-electron chi connectivity index (χ4n) is 3.08. The molecule has 0 aliphatic carbocycles. The molecule has 0 amide bonds. The summed E-state index contributed by atoms with van der Waals surface area (Å²) in [6.07, 6.45) is 11.0. The van der Waals surface area contributed by atoms with Crippen molar-refractivity contribution in [2.75, 3.05) is 59.6 Å². The predicted octanol–water partition coefficient (Wildman–Crippen LogP) is 3.39. The SMILES string of the molecule is CC.COCCN1CCCCCC1.OCCN1CCCCCC1. The molecule has 2 rings (SSSR count). The molecule has 0 spiro atoms. The Morgan fingerprint density at radius 2 is 1.09 bits per heavy atom. The van der Waals surface area contributed by atoms with Gasteiger partial charge in [-0.15, -0.1) is 0 Å². The van der Waals surface area contributed by atoms with Crippen LogP contribution in [0.2, 0.25) is 0 Å². The predicted molar refractivity (Wildman–Crippen MR) is 100 cm³/mol. The molecule has 0 unspecified atom stereocenters. The van der Waals surface area contributed by atoms with Crippen LogP contribution in [0, 0.1) is 0 Å². The molecule has 23 heavy (non-hydrogen) atoms. The van der Waals surface area contributed by atoms with Crippen LogP contribution in [0.3, 0.4) is 0 Å². The van der Waals surface area contributed by atoms with E-state index in [1.807, 2.05) is 13.8 Å². The smallest absolute Gasteiger partial charge is 0.0589 e. The lowest BCUT2D eigenvalue weighted by Crippen LogP contribution is -2.28. The Kier molecular flexibility index (Phi) is 18.1. The van der Waals surface area contributed by atoms with Gasteiger partial charge >= 0.3 is 0 Å². The van der Waals surface area contributed by atoms with E-state index < -0.39 is 0 Å². The lowest BCUT2D eigenvalue weighted by Gasteiger charge is -2.18. The summed E-state index contributed by atoms with van der Waals surface area (Å²) in [5, 5.41) is 8.67. The number of hydrogen-bond acceptors (Lipinski definition) is 4. The molecule has 0 atom stereocenters. The van der Waals surface area contributed by atoms with Crippen LogP contribution >= 0.6 is 0 Å². The second-order valence-electron chi connectivity index (χ2n) is 6.23. The van der Waals surface area contributed by atoms with Crippen LogP contribution in [0.5, 0.6) is 0 Å². The quantitative estimate of drug-likeness (QED) is 0.838. The number of β-amino-alcohol motifs (C(OH)–C–C–N with tert-alkyl or cyclic N) is 1. The van der Waals surface area contributed by atoms with Crippen molar-refractivity contribution in [2.24, 2.45) is 0 Å². The van der Waals surface area contributed by atoms with E-state index in [9.17, 15) is 0 Å². The number of aliphatic hydroxyl groups is 1. The van der Waals surface area contributed by atoms with Crippen LogP contribution in [-0.2, 0) is 4.74 Å². The third kappa shape index (κ3) is 13.9. The number of methoxy groups -OCH3 is 1. The Morgan fingerprint density at radius 1 is 0.696 bits per heavy atom. The van der Waals surface area contributed by atoms with Crippen molar-refractivity contribution in [3.05, 3.63) is 0 Å². The van der Waals surface area contributed by atoms with E-state index >= 15 is 0 Å². The topological polar surface area (TPSA) is 35.9 Å². The van der Waals surface area contributed by atoms with Gasteiger partial charge in [-0.3, -0.25) is 0 Å². The monoisotopic (exact) mass is 330 g/mol. The van der Waals surface area contributed by atoms with Crippen molar-refractivity contribution in [3.8, 4) is 0 Å². The molecule has 2 aliphatic rings. The Labute approximate surface area is 145 Å². The highest BCUT2D eigenvalue weighted by Gasteiger charge is 2.07. The molecule has 2 saturated heterocycles. The van der Waals surface area contributed by atoms with E-state index in [2.05, 4.69) is 9.80 Å². The zero-order valence-corrected chi connectivity index (χ0v) is 16.1. The first-order valence-corrected chi connectivity index (χ1v) is 9.91. The molecule has 2 aliphatic heterocycles. The number of likely N-dealkylation sites (tertiary alicyclic amines) is 2. The van der Waals surface area contributed by atoms with Crippen LogP contribution in [-0.4, -0.2) is 74.5 Å². The lowest BCUT2D eigenvalue weighted by molar-refractivity contribution is 0.150. The standard InChI is InChI=1S/C9H19NO.C8H17NO.C2H6/c1-11-9-8-10-6-4-2-3-5-7-10;10-8-7-9-5-3-1-2-4-6-9;1-2/h2-9H2,1H3;10H,1-8H2;1-2H3. The third-order valence-electron chi connectivity index (χ3n) is 4.43. The van der Waals surface area contributed by atoms with Crippen molar-refractivity contribution in [1.82, 2.24) is 9.80 Å². The Balaban J connectivity index is 0.000000381. The highest BCUT2D eigenvalue weighted by Crippen LogP contribution is 2.09. The van der Waals surface area contributed by atoms with Crippen molar-refractivity contribution < 1.29 is 9.84 Å². The first-order chi connectivity index (χ1) is 11.4. The van der Waals surface area contributed by atoms with Crippen LogP contribution in [0.15, 0.2) is 0 Å². The molecule has 0 aromatic rings. The fourth-order valence-corrected chi connectivity index (χ4v) is 3.08. The second-order valence-corrected chi connectivity index (χ2v) is 6.23. The molecule has 2 heterocycles. The normalized spacial score (nSPS) is 20.3. The Morgan fingerprint density at radius 3 is 1.43 bits per heavy atom. The lowest BCUT2D eigenvalue weighted by atomic mass is 10.2. The molecule has 0 radical (unpaired) electrons.